The molecule has 2 N–H and O–H groups in total. The minimum atomic E-state index is -1.03. The fraction of sp³-hybridized carbons (Fsp3) is 0.381. The summed E-state index contributed by atoms with van der Waals surface area (Å²) in [7, 11) is 0. The van der Waals surface area contributed by atoms with Gasteiger partial charge in [0.25, 0.3) is 0 Å². The van der Waals surface area contributed by atoms with Crippen LogP contribution in [0.1, 0.15) is 30.1 Å². The Bertz CT molecular complexity index is 1010. The Labute approximate surface area is 185 Å². The molecule has 2 aromatic rings. The molecule has 7 nitrogen and oxygen atoms in total. The van der Waals surface area contributed by atoms with Gasteiger partial charge in [-0.2, -0.15) is 0 Å². The third-order valence-corrected chi connectivity index (χ3v) is 6.89. The minimum Gasteiger partial charge on any atom is -0.481 e. The van der Waals surface area contributed by atoms with Crippen LogP contribution in [-0.4, -0.2) is 41.8 Å². The number of ether oxygens (including phenoxy) is 2. The molecule has 0 unspecified atom stereocenters. The molecule has 0 saturated carbocycles. The smallest absolute Gasteiger partial charge is 0.341 e. The number of carboxylic acids is 1. The molecule has 9 heteroatoms. The lowest BCUT2D eigenvalue weighted by molar-refractivity contribution is -0.147. The number of carbonyl (C=O) groups excluding carboxylic acids is 2. The first-order chi connectivity index (χ1) is 14.4. The second-order valence-electron chi connectivity index (χ2n) is 7.25. The number of carboxylic acid groups (broad SMARTS) is 1. The van der Waals surface area contributed by atoms with E-state index in [1.807, 2.05) is 24.3 Å². The molecule has 2 aliphatic rings. The number of amides is 1. The summed E-state index contributed by atoms with van der Waals surface area (Å²) in [4.78, 5) is 37.5. The lowest BCUT2D eigenvalue weighted by atomic mass is 9.79. The zero-order valence-corrected chi connectivity index (χ0v) is 18.5. The fourth-order valence-corrected chi connectivity index (χ4v) is 5.60. The Hall–Kier alpha value is -2.23. The van der Waals surface area contributed by atoms with E-state index in [4.69, 9.17) is 9.47 Å². The Morgan fingerprint density at radius 1 is 1.27 bits per heavy atom. The summed E-state index contributed by atoms with van der Waals surface area (Å²) in [6.45, 7) is 1.91. The average molecular weight is 494 g/mol. The molecule has 4 rings (SSSR count). The summed E-state index contributed by atoms with van der Waals surface area (Å²) in [5, 5.41) is 14.5. The number of nitrogens with one attached hydrogen (secondary N) is 1. The molecule has 158 valence electrons. The van der Waals surface area contributed by atoms with Gasteiger partial charge in [-0.1, -0.05) is 28.1 Å². The fourth-order valence-electron chi connectivity index (χ4n) is 4.24. The maximum atomic E-state index is 13.0. The van der Waals surface area contributed by atoms with Gasteiger partial charge >= 0.3 is 11.9 Å². The predicted molar refractivity (Wildman–Crippen MR) is 115 cm³/mol. The van der Waals surface area contributed by atoms with Crippen LogP contribution in [0.25, 0.3) is 11.1 Å². The van der Waals surface area contributed by atoms with Gasteiger partial charge in [0, 0.05) is 15.4 Å². The van der Waals surface area contributed by atoms with Crippen molar-refractivity contribution in [2.24, 2.45) is 11.8 Å². The van der Waals surface area contributed by atoms with Crippen LogP contribution < -0.4 is 5.32 Å². The van der Waals surface area contributed by atoms with Crippen molar-refractivity contribution in [1.82, 2.24) is 0 Å². The number of carbonyl (C=O) groups is 3. The summed E-state index contributed by atoms with van der Waals surface area (Å²) in [6.07, 6.45) is 0.455. The van der Waals surface area contributed by atoms with Crippen LogP contribution >= 0.6 is 27.3 Å². The van der Waals surface area contributed by atoms with Crippen LogP contribution in [-0.2, 0) is 19.1 Å². The second-order valence-corrected chi connectivity index (χ2v) is 9.05. The first-order valence-corrected chi connectivity index (χ1v) is 11.3. The predicted octanol–water partition coefficient (Wildman–Crippen LogP) is 4.17. The highest BCUT2D eigenvalue weighted by molar-refractivity contribution is 9.10. The Morgan fingerprint density at radius 3 is 2.67 bits per heavy atom. The van der Waals surface area contributed by atoms with Crippen LogP contribution in [0, 0.1) is 11.8 Å². The summed E-state index contributed by atoms with van der Waals surface area (Å²) >= 11 is 4.64. The van der Waals surface area contributed by atoms with Crippen molar-refractivity contribution in [3.05, 3.63) is 39.7 Å². The number of hydrogen-bond donors (Lipinski definition) is 2. The number of rotatable bonds is 6. The second kappa shape index (κ2) is 8.49. The van der Waals surface area contributed by atoms with Gasteiger partial charge in [-0.15, -0.1) is 11.3 Å². The monoisotopic (exact) mass is 493 g/mol. The highest BCUT2D eigenvalue weighted by Gasteiger charge is 2.55. The van der Waals surface area contributed by atoms with Crippen LogP contribution in [0.15, 0.2) is 34.1 Å². The van der Waals surface area contributed by atoms with E-state index in [0.717, 1.165) is 10.0 Å². The third-order valence-electron chi connectivity index (χ3n) is 5.50. The molecule has 3 heterocycles. The van der Waals surface area contributed by atoms with E-state index in [2.05, 4.69) is 21.2 Å². The van der Waals surface area contributed by atoms with E-state index < -0.39 is 41.9 Å². The van der Waals surface area contributed by atoms with Crippen molar-refractivity contribution >= 4 is 50.1 Å². The zero-order valence-electron chi connectivity index (χ0n) is 16.1. The van der Waals surface area contributed by atoms with E-state index in [-0.39, 0.29) is 12.2 Å². The lowest BCUT2D eigenvalue weighted by Gasteiger charge is -2.23. The molecule has 2 fully saturated rings. The van der Waals surface area contributed by atoms with Crippen LogP contribution in [0.2, 0.25) is 0 Å². The van der Waals surface area contributed by atoms with Gasteiger partial charge in [-0.3, -0.25) is 9.59 Å². The quantitative estimate of drug-likeness (QED) is 0.585. The van der Waals surface area contributed by atoms with Crippen LogP contribution in [0.5, 0.6) is 0 Å². The Kier molecular flexibility index (Phi) is 5.95. The standard InChI is InChI=1S/C21H20BrNO6S/c1-2-28-21(27)15-12(10-4-3-5-11(22)8-10)9-30-19(15)23-18(24)16-13-6-7-14(29-13)17(16)20(25)26/h3-5,8-9,13-14,16-17H,2,6-7H2,1H3,(H,23,24)(H,25,26)/t13-,14-,16+,17+/m1/s1. The lowest BCUT2D eigenvalue weighted by Crippen LogP contribution is -2.41. The largest absolute Gasteiger partial charge is 0.481 e. The first kappa shape index (κ1) is 21.0. The van der Waals surface area contributed by atoms with Crippen molar-refractivity contribution in [2.45, 2.75) is 32.0 Å². The Morgan fingerprint density at radius 2 is 2.00 bits per heavy atom. The molecule has 0 spiro atoms. The molecule has 2 saturated heterocycles. The van der Waals surface area contributed by atoms with Gasteiger partial charge in [0.15, 0.2) is 0 Å². The summed E-state index contributed by atoms with van der Waals surface area (Å²) in [5.74, 6) is -3.67. The van der Waals surface area contributed by atoms with Gasteiger partial charge in [0.05, 0.1) is 30.7 Å². The highest BCUT2D eigenvalue weighted by Crippen LogP contribution is 2.45. The molecule has 30 heavy (non-hydrogen) atoms. The summed E-state index contributed by atoms with van der Waals surface area (Å²) < 4.78 is 11.8. The van der Waals surface area contributed by atoms with Crippen molar-refractivity contribution in [2.75, 3.05) is 11.9 Å². The number of esters is 1. The number of aliphatic carboxylic acids is 1. The maximum absolute atomic E-state index is 13.0. The van der Waals surface area contributed by atoms with E-state index in [1.54, 1.807) is 12.3 Å². The molecule has 2 aliphatic heterocycles. The van der Waals surface area contributed by atoms with Gasteiger partial charge in [-0.05, 0) is 37.5 Å². The number of halogens is 1. The molecule has 1 amide bonds. The summed E-state index contributed by atoms with van der Waals surface area (Å²) in [5.41, 5.74) is 1.72. The zero-order chi connectivity index (χ0) is 21.4. The van der Waals surface area contributed by atoms with E-state index in [1.165, 1.54) is 11.3 Å². The number of anilines is 1. The van der Waals surface area contributed by atoms with Crippen LogP contribution in [0.4, 0.5) is 5.00 Å². The molecule has 0 aliphatic carbocycles. The van der Waals surface area contributed by atoms with E-state index in [9.17, 15) is 19.5 Å². The summed E-state index contributed by atoms with van der Waals surface area (Å²) in [6, 6.07) is 7.48. The normalized spacial score (nSPS) is 24.6. The van der Waals surface area contributed by atoms with Crippen LogP contribution in [0.3, 0.4) is 0 Å². The Balaban J connectivity index is 1.66. The molecule has 2 bridgehead atoms. The molecule has 4 atom stereocenters. The number of benzene rings is 1. The van der Waals surface area contributed by atoms with Gasteiger partial charge in [0.2, 0.25) is 5.91 Å². The van der Waals surface area contributed by atoms with E-state index >= 15 is 0 Å². The number of hydrogen-bond acceptors (Lipinski definition) is 6. The SMILES string of the molecule is CCOC(=O)c1c(-c2cccc(Br)c2)csc1NC(=O)[C@@H]1[C@@H](C(=O)O)[C@H]2CC[C@H]1O2. The van der Waals surface area contributed by atoms with Gasteiger partial charge in [-0.25, -0.2) is 4.79 Å². The van der Waals surface area contributed by atoms with Crippen molar-refractivity contribution in [1.29, 1.82) is 0 Å². The van der Waals surface area contributed by atoms with Gasteiger partial charge < -0.3 is 19.9 Å². The topological polar surface area (TPSA) is 102 Å². The number of thiophene rings is 1. The molecular formula is C21H20BrNO6S. The third kappa shape index (κ3) is 3.77. The van der Waals surface area contributed by atoms with Crippen molar-refractivity contribution in [3.63, 3.8) is 0 Å². The van der Waals surface area contributed by atoms with Crippen molar-refractivity contribution in [3.8, 4) is 11.1 Å². The average Bonchev–Trinajstić information content (AvgIpc) is 3.42. The molecule has 0 radical (unpaired) electrons. The van der Waals surface area contributed by atoms with Gasteiger partial charge in [0.1, 0.15) is 10.6 Å². The minimum absolute atomic E-state index is 0.196. The molecule has 1 aromatic carbocycles. The molecule has 1 aromatic heterocycles. The first-order valence-electron chi connectivity index (χ1n) is 9.64. The van der Waals surface area contributed by atoms with E-state index in [0.29, 0.717) is 23.4 Å². The molecular weight excluding hydrogens is 474 g/mol. The highest BCUT2D eigenvalue weighted by atomic mass is 79.9. The maximum Gasteiger partial charge on any atom is 0.341 e. The van der Waals surface area contributed by atoms with Crippen molar-refractivity contribution < 1.29 is 29.0 Å². The number of fused-ring (bicyclic) bond motifs is 2.